The summed E-state index contributed by atoms with van der Waals surface area (Å²) in [5, 5.41) is 0. The van der Waals surface area contributed by atoms with Gasteiger partial charge in [-0.1, -0.05) is 6.07 Å². The molecule has 2 rings (SSSR count). The minimum Gasteiger partial charge on any atom is -0.306 e. The molecule has 0 radical (unpaired) electrons. The van der Waals surface area contributed by atoms with E-state index in [1.54, 1.807) is 11.8 Å². The summed E-state index contributed by atoms with van der Waals surface area (Å²) in [5.74, 6) is 0.975. The first-order chi connectivity index (χ1) is 6.29. The molecule has 4 heteroatoms. The zero-order valence-electron chi connectivity index (χ0n) is 7.26. The van der Waals surface area contributed by atoms with Crippen molar-refractivity contribution in [3.8, 4) is 0 Å². The van der Waals surface area contributed by atoms with Crippen molar-refractivity contribution in [1.29, 1.82) is 0 Å². The molecule has 0 spiro atoms. The molecule has 1 aromatic carbocycles. The van der Waals surface area contributed by atoms with Gasteiger partial charge in [0.25, 0.3) is 0 Å². The molecule has 0 saturated carbocycles. The highest BCUT2D eigenvalue weighted by Crippen LogP contribution is 2.14. The number of imidazole rings is 1. The number of hydrogen-bond donors (Lipinski definition) is 2. The van der Waals surface area contributed by atoms with E-state index in [4.69, 9.17) is 0 Å². The Morgan fingerprint density at radius 3 is 2.85 bits per heavy atom. The predicted molar refractivity (Wildman–Crippen MR) is 56.1 cm³/mol. The predicted octanol–water partition coefficient (Wildman–Crippen LogP) is 1.72. The minimum atomic E-state index is -0.142. The fourth-order valence-electron chi connectivity index (χ4n) is 1.34. The Hall–Kier alpha value is -1.16. The van der Waals surface area contributed by atoms with Gasteiger partial charge in [-0.3, -0.25) is 0 Å². The number of hydrogen-bond acceptors (Lipinski definition) is 2. The molecule has 2 aromatic rings. The lowest BCUT2D eigenvalue weighted by Gasteiger charge is -1.96. The number of thioether (sulfide) groups is 1. The van der Waals surface area contributed by atoms with Crippen molar-refractivity contribution < 1.29 is 0 Å². The van der Waals surface area contributed by atoms with Gasteiger partial charge in [0, 0.05) is 5.75 Å². The number of aromatic nitrogens is 2. The smallest absolute Gasteiger partial charge is 0.306 e. The van der Waals surface area contributed by atoms with Crippen LogP contribution in [0.1, 0.15) is 5.56 Å². The summed E-state index contributed by atoms with van der Waals surface area (Å²) < 4.78 is 0. The molecule has 0 amide bonds. The molecule has 3 nitrogen and oxygen atoms in total. The molecule has 0 bridgehead atoms. The molecule has 2 N–H and O–H groups in total. The lowest BCUT2D eigenvalue weighted by molar-refractivity contribution is 1.21. The SMILES string of the molecule is CSCc1ccc2[nH]c(=O)[nH]c2c1. The maximum absolute atomic E-state index is 10.9. The third kappa shape index (κ3) is 1.62. The van der Waals surface area contributed by atoms with Crippen LogP contribution in [-0.4, -0.2) is 16.2 Å². The lowest BCUT2D eigenvalue weighted by atomic mass is 10.2. The quantitative estimate of drug-likeness (QED) is 0.764. The summed E-state index contributed by atoms with van der Waals surface area (Å²) in [5.41, 5.74) is 2.85. The van der Waals surface area contributed by atoms with E-state index in [2.05, 4.69) is 16.2 Å². The van der Waals surface area contributed by atoms with E-state index in [1.807, 2.05) is 18.2 Å². The molecule has 68 valence electrons. The van der Waals surface area contributed by atoms with Crippen LogP contribution in [0.25, 0.3) is 11.0 Å². The number of fused-ring (bicyclic) bond motifs is 1. The van der Waals surface area contributed by atoms with Gasteiger partial charge in [0.1, 0.15) is 0 Å². The number of H-pyrrole nitrogens is 2. The van der Waals surface area contributed by atoms with Crippen LogP contribution in [0.4, 0.5) is 0 Å². The zero-order valence-corrected chi connectivity index (χ0v) is 8.07. The van der Waals surface area contributed by atoms with Crippen LogP contribution in [0.15, 0.2) is 23.0 Å². The van der Waals surface area contributed by atoms with Crippen LogP contribution in [0.5, 0.6) is 0 Å². The summed E-state index contributed by atoms with van der Waals surface area (Å²) >= 11 is 1.77. The monoisotopic (exact) mass is 194 g/mol. The lowest BCUT2D eigenvalue weighted by Crippen LogP contribution is -1.99. The molecular weight excluding hydrogens is 184 g/mol. The van der Waals surface area contributed by atoms with Gasteiger partial charge >= 0.3 is 5.69 Å². The third-order valence-corrected chi connectivity index (χ3v) is 2.51. The highest BCUT2D eigenvalue weighted by atomic mass is 32.2. The Bertz CT molecular complexity index is 472. The van der Waals surface area contributed by atoms with E-state index >= 15 is 0 Å². The van der Waals surface area contributed by atoms with E-state index in [0.717, 1.165) is 16.8 Å². The van der Waals surface area contributed by atoms with Crippen LogP contribution in [0.2, 0.25) is 0 Å². The van der Waals surface area contributed by atoms with Crippen molar-refractivity contribution in [3.05, 3.63) is 34.2 Å². The van der Waals surface area contributed by atoms with Crippen molar-refractivity contribution in [2.75, 3.05) is 6.26 Å². The highest BCUT2D eigenvalue weighted by molar-refractivity contribution is 7.97. The van der Waals surface area contributed by atoms with Crippen molar-refractivity contribution >= 4 is 22.8 Å². The van der Waals surface area contributed by atoms with E-state index in [-0.39, 0.29) is 5.69 Å². The molecule has 0 aliphatic carbocycles. The van der Waals surface area contributed by atoms with Gasteiger partial charge in [-0.15, -0.1) is 0 Å². The Morgan fingerprint density at radius 1 is 1.31 bits per heavy atom. The molecule has 1 aromatic heterocycles. The molecular formula is C9H10N2OS. The van der Waals surface area contributed by atoms with Gasteiger partial charge in [-0.05, 0) is 24.0 Å². The molecule has 1 heterocycles. The Labute approximate surface area is 79.6 Å². The molecule has 0 atom stereocenters. The Kier molecular flexibility index (Phi) is 2.14. The van der Waals surface area contributed by atoms with Gasteiger partial charge in [0.2, 0.25) is 0 Å². The standard InChI is InChI=1S/C9H10N2OS/c1-13-5-6-2-3-7-8(4-6)11-9(12)10-7/h2-4H,5H2,1H3,(H2,10,11,12). The largest absolute Gasteiger partial charge is 0.323 e. The Balaban J connectivity index is 2.54. The van der Waals surface area contributed by atoms with Crippen LogP contribution < -0.4 is 5.69 Å². The summed E-state index contributed by atoms with van der Waals surface area (Å²) in [7, 11) is 0. The minimum absolute atomic E-state index is 0.142. The van der Waals surface area contributed by atoms with Crippen LogP contribution in [-0.2, 0) is 5.75 Å². The summed E-state index contributed by atoms with van der Waals surface area (Å²) in [6.45, 7) is 0. The zero-order chi connectivity index (χ0) is 9.26. The summed E-state index contributed by atoms with van der Waals surface area (Å²) in [6, 6.07) is 5.96. The van der Waals surface area contributed by atoms with E-state index in [9.17, 15) is 4.79 Å². The van der Waals surface area contributed by atoms with Crippen LogP contribution in [0.3, 0.4) is 0 Å². The van der Waals surface area contributed by atoms with Crippen LogP contribution >= 0.6 is 11.8 Å². The van der Waals surface area contributed by atoms with Gasteiger partial charge in [-0.25, -0.2) is 4.79 Å². The maximum Gasteiger partial charge on any atom is 0.323 e. The molecule has 0 aliphatic rings. The van der Waals surface area contributed by atoms with E-state index in [0.29, 0.717) is 0 Å². The number of aromatic amines is 2. The van der Waals surface area contributed by atoms with Gasteiger partial charge < -0.3 is 9.97 Å². The van der Waals surface area contributed by atoms with Crippen LogP contribution in [0, 0.1) is 0 Å². The maximum atomic E-state index is 10.9. The first kappa shape index (κ1) is 8.44. The molecule has 0 fully saturated rings. The van der Waals surface area contributed by atoms with Crippen molar-refractivity contribution in [2.45, 2.75) is 5.75 Å². The fourth-order valence-corrected chi connectivity index (χ4v) is 1.85. The topological polar surface area (TPSA) is 48.6 Å². The van der Waals surface area contributed by atoms with Crippen molar-refractivity contribution in [3.63, 3.8) is 0 Å². The second-order valence-corrected chi connectivity index (χ2v) is 3.76. The molecule has 0 saturated heterocycles. The summed E-state index contributed by atoms with van der Waals surface area (Å²) in [4.78, 5) is 16.4. The first-order valence-electron chi connectivity index (χ1n) is 3.99. The van der Waals surface area contributed by atoms with Gasteiger partial charge in [0.05, 0.1) is 11.0 Å². The highest BCUT2D eigenvalue weighted by Gasteiger charge is 1.98. The second-order valence-electron chi connectivity index (χ2n) is 2.89. The number of nitrogens with one attached hydrogen (secondary N) is 2. The third-order valence-electron chi connectivity index (χ3n) is 1.89. The average Bonchev–Trinajstić information content (AvgIpc) is 2.44. The van der Waals surface area contributed by atoms with E-state index < -0.39 is 0 Å². The molecule has 13 heavy (non-hydrogen) atoms. The summed E-state index contributed by atoms with van der Waals surface area (Å²) in [6.07, 6.45) is 2.06. The fraction of sp³-hybridized carbons (Fsp3) is 0.222. The van der Waals surface area contributed by atoms with Gasteiger partial charge in [0.15, 0.2) is 0 Å². The Morgan fingerprint density at radius 2 is 2.08 bits per heavy atom. The van der Waals surface area contributed by atoms with Gasteiger partial charge in [-0.2, -0.15) is 11.8 Å². The number of benzene rings is 1. The number of rotatable bonds is 2. The normalized spacial score (nSPS) is 10.8. The average molecular weight is 194 g/mol. The van der Waals surface area contributed by atoms with E-state index in [1.165, 1.54) is 5.56 Å². The second kappa shape index (κ2) is 3.30. The molecule has 0 unspecified atom stereocenters. The van der Waals surface area contributed by atoms with Crippen molar-refractivity contribution in [1.82, 2.24) is 9.97 Å². The molecule has 0 aliphatic heterocycles. The first-order valence-corrected chi connectivity index (χ1v) is 5.39. The van der Waals surface area contributed by atoms with Crippen molar-refractivity contribution in [2.24, 2.45) is 0 Å².